The van der Waals surface area contributed by atoms with Gasteiger partial charge in [0.15, 0.2) is 0 Å². The second kappa shape index (κ2) is 3.97. The van der Waals surface area contributed by atoms with Gasteiger partial charge in [-0.15, -0.1) is 0 Å². The van der Waals surface area contributed by atoms with Crippen molar-refractivity contribution in [3.8, 4) is 0 Å². The van der Waals surface area contributed by atoms with Crippen LogP contribution in [-0.4, -0.2) is 23.8 Å². The maximum Gasteiger partial charge on any atom is 0.431 e. The van der Waals surface area contributed by atoms with Crippen molar-refractivity contribution in [2.75, 3.05) is 0 Å². The molecule has 0 unspecified atom stereocenters. The molecule has 8 heteroatoms. The zero-order valence-corrected chi connectivity index (χ0v) is 7.16. The molecule has 0 amide bonds. The Balaban J connectivity index is 4.73. The molecule has 0 rings (SSSR count). The van der Waals surface area contributed by atoms with Crippen LogP contribution in [0.2, 0.25) is 0 Å². The highest BCUT2D eigenvalue weighted by Crippen LogP contribution is 2.19. The maximum absolute atomic E-state index is 11.7. The standard InChI is InChI=1S/C6H6F6N2/c1-3(5(7,8)9)13-14-4(2)6(10,11)12/h1-2H3/b13-3+,14-4+. The molecule has 2 nitrogen and oxygen atoms in total. The number of halogens is 6. The Morgan fingerprint density at radius 3 is 1.07 bits per heavy atom. The van der Waals surface area contributed by atoms with Crippen molar-refractivity contribution in [3.63, 3.8) is 0 Å². The Morgan fingerprint density at radius 1 is 0.714 bits per heavy atom. The van der Waals surface area contributed by atoms with Gasteiger partial charge in [0.05, 0.1) is 0 Å². The molecule has 0 aliphatic heterocycles. The predicted octanol–water partition coefficient (Wildman–Crippen LogP) is 2.95. The zero-order valence-electron chi connectivity index (χ0n) is 7.16. The molecule has 0 N–H and O–H groups in total. The summed E-state index contributed by atoms with van der Waals surface area (Å²) in [5.74, 6) is 0. The van der Waals surface area contributed by atoms with Crippen molar-refractivity contribution in [2.24, 2.45) is 10.2 Å². The van der Waals surface area contributed by atoms with Crippen LogP contribution in [0.5, 0.6) is 0 Å². The summed E-state index contributed by atoms with van der Waals surface area (Å²) in [5, 5.41) is 4.84. The van der Waals surface area contributed by atoms with Gasteiger partial charge < -0.3 is 0 Å². The predicted molar refractivity (Wildman–Crippen MR) is 38.3 cm³/mol. The Bertz CT molecular complexity index is 230. The van der Waals surface area contributed by atoms with Crippen LogP contribution in [-0.2, 0) is 0 Å². The van der Waals surface area contributed by atoms with Crippen molar-refractivity contribution in [3.05, 3.63) is 0 Å². The zero-order chi connectivity index (χ0) is 11.6. The monoisotopic (exact) mass is 220 g/mol. The van der Waals surface area contributed by atoms with Gasteiger partial charge in [-0.1, -0.05) is 0 Å². The second-order valence-corrected chi connectivity index (χ2v) is 2.37. The summed E-state index contributed by atoms with van der Waals surface area (Å²) in [6, 6.07) is 0. The minimum absolute atomic E-state index is 0.535. The molecule has 0 fully saturated rings. The lowest BCUT2D eigenvalue weighted by Crippen LogP contribution is -2.21. The molecule has 0 aliphatic carbocycles. The highest BCUT2D eigenvalue weighted by molar-refractivity contribution is 5.90. The third-order valence-corrected chi connectivity index (χ3v) is 1.17. The van der Waals surface area contributed by atoms with E-state index in [-0.39, 0.29) is 0 Å². The van der Waals surface area contributed by atoms with E-state index in [2.05, 4.69) is 10.2 Å². The van der Waals surface area contributed by atoms with E-state index < -0.39 is 23.8 Å². The molecule has 0 aliphatic rings. The lowest BCUT2D eigenvalue weighted by molar-refractivity contribution is -0.0617. The molecular weight excluding hydrogens is 214 g/mol. The van der Waals surface area contributed by atoms with Crippen LogP contribution in [0.15, 0.2) is 10.2 Å². The molecule has 0 aromatic carbocycles. The van der Waals surface area contributed by atoms with Gasteiger partial charge in [0.1, 0.15) is 11.4 Å². The van der Waals surface area contributed by atoms with E-state index in [9.17, 15) is 26.3 Å². The van der Waals surface area contributed by atoms with Crippen molar-refractivity contribution in [2.45, 2.75) is 26.2 Å². The molecule has 0 bridgehead atoms. The number of hydrogen-bond donors (Lipinski definition) is 0. The largest absolute Gasteiger partial charge is 0.431 e. The molecule has 0 heterocycles. The van der Waals surface area contributed by atoms with Crippen molar-refractivity contribution < 1.29 is 26.3 Å². The third kappa shape index (κ3) is 4.24. The summed E-state index contributed by atoms with van der Waals surface area (Å²) in [6.45, 7) is 1.07. The molecule has 0 saturated heterocycles. The number of hydrogen-bond acceptors (Lipinski definition) is 2. The average Bonchev–Trinajstić information content (AvgIpc) is 1.95. The van der Waals surface area contributed by atoms with E-state index in [0.717, 1.165) is 0 Å². The topological polar surface area (TPSA) is 24.7 Å². The minimum atomic E-state index is -4.75. The fourth-order valence-electron chi connectivity index (χ4n) is 0.263. The van der Waals surface area contributed by atoms with Gasteiger partial charge in [-0.25, -0.2) is 0 Å². The summed E-state index contributed by atoms with van der Waals surface area (Å²) < 4.78 is 70.3. The molecule has 14 heavy (non-hydrogen) atoms. The van der Waals surface area contributed by atoms with E-state index in [0.29, 0.717) is 13.8 Å². The van der Waals surface area contributed by atoms with Crippen molar-refractivity contribution >= 4 is 11.4 Å². The highest BCUT2D eigenvalue weighted by atomic mass is 19.4. The van der Waals surface area contributed by atoms with Crippen LogP contribution in [0.1, 0.15) is 13.8 Å². The van der Waals surface area contributed by atoms with Crippen LogP contribution >= 0.6 is 0 Å². The van der Waals surface area contributed by atoms with Gasteiger partial charge in [-0.3, -0.25) is 0 Å². The molecule has 0 spiro atoms. The first-order chi connectivity index (χ1) is 6.05. The minimum Gasteiger partial charge on any atom is -0.165 e. The fraction of sp³-hybridized carbons (Fsp3) is 0.667. The van der Waals surface area contributed by atoms with Crippen LogP contribution < -0.4 is 0 Å². The smallest absolute Gasteiger partial charge is 0.165 e. The summed E-state index contributed by atoms with van der Waals surface area (Å²) in [5.41, 5.74) is -2.86. The molecule has 0 radical (unpaired) electrons. The van der Waals surface area contributed by atoms with Gasteiger partial charge in [0.2, 0.25) is 0 Å². The van der Waals surface area contributed by atoms with Crippen molar-refractivity contribution in [1.82, 2.24) is 0 Å². The van der Waals surface area contributed by atoms with E-state index in [1.807, 2.05) is 0 Å². The first kappa shape index (κ1) is 12.9. The Hall–Kier alpha value is -1.08. The summed E-state index contributed by atoms with van der Waals surface area (Å²) >= 11 is 0. The van der Waals surface area contributed by atoms with E-state index in [1.165, 1.54) is 0 Å². The van der Waals surface area contributed by atoms with Gasteiger partial charge in [-0.05, 0) is 13.8 Å². The van der Waals surface area contributed by atoms with Gasteiger partial charge in [-0.2, -0.15) is 36.5 Å². The summed E-state index contributed by atoms with van der Waals surface area (Å²) in [7, 11) is 0. The first-order valence-corrected chi connectivity index (χ1v) is 3.28. The fourth-order valence-corrected chi connectivity index (χ4v) is 0.263. The molecule has 0 saturated carbocycles. The Labute approximate surface area is 75.3 Å². The molecule has 0 aromatic rings. The van der Waals surface area contributed by atoms with Crippen molar-refractivity contribution in [1.29, 1.82) is 0 Å². The van der Waals surface area contributed by atoms with Crippen LogP contribution in [0, 0.1) is 0 Å². The Morgan fingerprint density at radius 2 is 0.929 bits per heavy atom. The van der Waals surface area contributed by atoms with E-state index in [4.69, 9.17) is 0 Å². The second-order valence-electron chi connectivity index (χ2n) is 2.37. The summed E-state index contributed by atoms with van der Waals surface area (Å²) in [6.07, 6.45) is -9.51. The van der Waals surface area contributed by atoms with Crippen LogP contribution in [0.3, 0.4) is 0 Å². The van der Waals surface area contributed by atoms with Gasteiger partial charge >= 0.3 is 12.4 Å². The quantitative estimate of drug-likeness (QED) is 0.368. The van der Waals surface area contributed by atoms with Crippen LogP contribution in [0.4, 0.5) is 26.3 Å². The lowest BCUT2D eigenvalue weighted by atomic mass is 10.4. The normalized spacial score (nSPS) is 16.0. The molecule has 0 atom stereocenters. The maximum atomic E-state index is 11.7. The van der Waals surface area contributed by atoms with E-state index >= 15 is 0 Å². The summed E-state index contributed by atoms with van der Waals surface area (Å²) in [4.78, 5) is 0. The van der Waals surface area contributed by atoms with Gasteiger partial charge in [0, 0.05) is 0 Å². The first-order valence-electron chi connectivity index (χ1n) is 3.28. The highest BCUT2D eigenvalue weighted by Gasteiger charge is 2.34. The third-order valence-electron chi connectivity index (χ3n) is 1.17. The molecular formula is C6H6F6N2. The Kier molecular flexibility index (Phi) is 3.66. The van der Waals surface area contributed by atoms with Gasteiger partial charge in [0.25, 0.3) is 0 Å². The number of nitrogens with zero attached hydrogens (tertiary/aromatic N) is 2. The number of alkyl halides is 6. The average molecular weight is 220 g/mol. The number of rotatable bonds is 1. The molecule has 82 valence electrons. The lowest BCUT2D eigenvalue weighted by Gasteiger charge is -2.04. The van der Waals surface area contributed by atoms with Crippen LogP contribution in [0.25, 0.3) is 0 Å². The SMILES string of the molecule is C/C(=N\N=C(/C)C(F)(F)F)C(F)(F)F. The molecule has 0 aromatic heterocycles. The van der Waals surface area contributed by atoms with E-state index in [1.54, 1.807) is 0 Å².